The van der Waals surface area contributed by atoms with E-state index in [9.17, 15) is 28.0 Å². The molecule has 0 saturated carbocycles. The van der Waals surface area contributed by atoms with E-state index in [1.807, 2.05) is 6.07 Å². The van der Waals surface area contributed by atoms with E-state index in [2.05, 4.69) is 15.6 Å². The van der Waals surface area contributed by atoms with E-state index in [4.69, 9.17) is 22.2 Å². The molecule has 0 saturated heterocycles. The molecule has 0 fully saturated rings. The van der Waals surface area contributed by atoms with Crippen molar-refractivity contribution in [1.29, 1.82) is 5.26 Å². The van der Waals surface area contributed by atoms with Crippen LogP contribution in [0.3, 0.4) is 0 Å². The minimum atomic E-state index is -4.59. The summed E-state index contributed by atoms with van der Waals surface area (Å²) < 4.78 is 45.0. The second-order valence-electron chi connectivity index (χ2n) is 8.39. The molecular formula is C27H20ClF3N6O3S. The van der Waals surface area contributed by atoms with Crippen LogP contribution in [0.5, 0.6) is 5.75 Å². The molecule has 1 aromatic heterocycles. The molecule has 0 radical (unpaired) electrons. The average molecular weight is 601 g/mol. The average Bonchev–Trinajstić information content (AvgIpc) is 2.95. The number of ether oxygens (including phenoxy) is 1. The highest BCUT2D eigenvalue weighted by Crippen LogP contribution is 2.34. The van der Waals surface area contributed by atoms with Crippen LogP contribution in [0, 0.1) is 11.3 Å². The number of nitriles is 1. The highest BCUT2D eigenvalue weighted by atomic mass is 35.5. The number of alkyl halides is 3. The number of thioether (sulfide) groups is 1. The van der Waals surface area contributed by atoms with Gasteiger partial charge in [0, 0.05) is 17.0 Å². The Kier molecular flexibility index (Phi) is 8.75. The second-order valence-corrected chi connectivity index (χ2v) is 9.74. The normalized spacial score (nSPS) is 11.0. The molecular weight excluding hydrogens is 581 g/mol. The Balaban J connectivity index is 1.46. The molecule has 9 nitrogen and oxygen atoms in total. The monoisotopic (exact) mass is 600 g/mol. The maximum Gasteiger partial charge on any atom is 0.416 e. The molecule has 4 rings (SSSR count). The van der Waals surface area contributed by atoms with Gasteiger partial charge in [-0.05, 0) is 48.0 Å². The first kappa shape index (κ1) is 29.3. The zero-order valence-corrected chi connectivity index (χ0v) is 22.7. The summed E-state index contributed by atoms with van der Waals surface area (Å²) in [6, 6.07) is 17.1. The van der Waals surface area contributed by atoms with E-state index in [1.165, 1.54) is 7.11 Å². The van der Waals surface area contributed by atoms with Crippen LogP contribution in [0.25, 0.3) is 11.3 Å². The molecule has 3 aromatic carbocycles. The lowest BCUT2D eigenvalue weighted by Gasteiger charge is -2.13. The van der Waals surface area contributed by atoms with Gasteiger partial charge in [-0.15, -0.1) is 0 Å². The number of methoxy groups -OCH3 is 1. The quantitative estimate of drug-likeness (QED) is 0.132. The first-order valence-electron chi connectivity index (χ1n) is 11.6. The zero-order chi connectivity index (χ0) is 29.7. The molecule has 4 aromatic rings. The Morgan fingerprint density at radius 3 is 2.54 bits per heavy atom. The topological polar surface area (TPSA) is 135 Å². The molecule has 1 heterocycles. The lowest BCUT2D eigenvalue weighted by Crippen LogP contribution is -2.32. The van der Waals surface area contributed by atoms with Crippen LogP contribution in [-0.4, -0.2) is 22.8 Å². The van der Waals surface area contributed by atoms with Gasteiger partial charge >= 0.3 is 12.2 Å². The fraction of sp³-hybridized carbons (Fsp3) is 0.111. The largest absolute Gasteiger partial charge is 0.497 e. The molecule has 0 aliphatic carbocycles. The molecule has 0 bridgehead atoms. The maximum absolute atomic E-state index is 13.0. The molecule has 0 atom stereocenters. The predicted molar refractivity (Wildman–Crippen MR) is 150 cm³/mol. The third kappa shape index (κ3) is 6.92. The third-order valence-electron chi connectivity index (χ3n) is 5.66. The predicted octanol–water partition coefficient (Wildman–Crippen LogP) is 6.11. The van der Waals surface area contributed by atoms with Crippen LogP contribution in [0.4, 0.5) is 29.3 Å². The first-order chi connectivity index (χ1) is 19.5. The fourth-order valence-corrected chi connectivity index (χ4v) is 4.64. The number of hydrogen-bond donors (Lipinski definition) is 3. The Bertz CT molecular complexity index is 1710. The number of amides is 2. The van der Waals surface area contributed by atoms with E-state index in [1.54, 1.807) is 48.5 Å². The van der Waals surface area contributed by atoms with Gasteiger partial charge in [0.2, 0.25) is 0 Å². The van der Waals surface area contributed by atoms with Gasteiger partial charge in [0.1, 0.15) is 17.4 Å². The number of nitrogens with one attached hydrogen (secondary N) is 2. The Morgan fingerprint density at radius 2 is 1.88 bits per heavy atom. The molecule has 4 N–H and O–H groups in total. The summed E-state index contributed by atoms with van der Waals surface area (Å²) in [5.74, 6) is 6.79. The molecule has 41 heavy (non-hydrogen) atoms. The van der Waals surface area contributed by atoms with Crippen LogP contribution in [0.15, 0.2) is 76.7 Å². The summed E-state index contributed by atoms with van der Waals surface area (Å²) in [5.41, 5.74) is -0.209. The number of carbonyl (C=O) groups is 1. The van der Waals surface area contributed by atoms with Gasteiger partial charge in [-0.2, -0.15) is 18.4 Å². The molecule has 0 aliphatic heterocycles. The minimum absolute atomic E-state index is 0.0510. The number of nitrogen functional groups attached to an aromatic ring is 1. The molecule has 210 valence electrons. The summed E-state index contributed by atoms with van der Waals surface area (Å²) in [7, 11) is 1.50. The molecule has 2 amide bonds. The summed E-state index contributed by atoms with van der Waals surface area (Å²) in [6.45, 7) is 0. The minimum Gasteiger partial charge on any atom is -0.497 e. The number of anilines is 2. The number of hydrogen-bond acceptors (Lipinski definition) is 7. The number of rotatable bonds is 7. The lowest BCUT2D eigenvalue weighted by molar-refractivity contribution is -0.137. The van der Waals surface area contributed by atoms with Crippen molar-refractivity contribution in [2.24, 2.45) is 0 Å². The van der Waals surface area contributed by atoms with Gasteiger partial charge in [0.25, 0.3) is 5.56 Å². The van der Waals surface area contributed by atoms with Crippen molar-refractivity contribution >= 4 is 40.8 Å². The number of carbonyl (C=O) groups excluding carboxylic acids is 1. The van der Waals surface area contributed by atoms with Crippen LogP contribution in [0.2, 0.25) is 5.02 Å². The van der Waals surface area contributed by atoms with Crippen LogP contribution in [-0.2, 0) is 11.9 Å². The summed E-state index contributed by atoms with van der Waals surface area (Å²) >= 11 is 7.09. The highest BCUT2D eigenvalue weighted by Gasteiger charge is 2.31. The number of aromatic nitrogens is 2. The first-order valence-corrected chi connectivity index (χ1v) is 13.0. The van der Waals surface area contributed by atoms with Crippen molar-refractivity contribution in [2.45, 2.75) is 17.1 Å². The fourth-order valence-electron chi connectivity index (χ4n) is 3.61. The van der Waals surface area contributed by atoms with Gasteiger partial charge < -0.3 is 21.2 Å². The molecule has 0 spiro atoms. The van der Waals surface area contributed by atoms with Crippen molar-refractivity contribution in [3.8, 4) is 23.1 Å². The van der Waals surface area contributed by atoms with Gasteiger partial charge in [-0.1, -0.05) is 47.6 Å². The summed E-state index contributed by atoms with van der Waals surface area (Å²) in [4.78, 5) is 29.6. The van der Waals surface area contributed by atoms with Gasteiger partial charge in [0.15, 0.2) is 5.16 Å². The van der Waals surface area contributed by atoms with E-state index in [-0.39, 0.29) is 27.1 Å². The van der Waals surface area contributed by atoms with E-state index in [0.717, 1.165) is 40.2 Å². The van der Waals surface area contributed by atoms with Gasteiger partial charge in [-0.3, -0.25) is 4.79 Å². The Hall–Kier alpha value is -4.67. The van der Waals surface area contributed by atoms with Crippen molar-refractivity contribution in [2.75, 3.05) is 23.6 Å². The molecule has 14 heteroatoms. The third-order valence-corrected chi connectivity index (χ3v) is 7.01. The number of benzene rings is 3. The Labute approximate surface area is 240 Å². The molecule has 0 aliphatic rings. The lowest BCUT2D eigenvalue weighted by atomic mass is 10.1. The van der Waals surface area contributed by atoms with Crippen molar-refractivity contribution in [1.82, 2.24) is 9.66 Å². The number of halogens is 4. The summed E-state index contributed by atoms with van der Waals surface area (Å²) in [5, 5.41) is 14.5. The van der Waals surface area contributed by atoms with Crippen molar-refractivity contribution in [3.63, 3.8) is 0 Å². The number of nitrogens with two attached hydrogens (primary N) is 1. The summed E-state index contributed by atoms with van der Waals surface area (Å²) in [6.07, 6.45) is -4.59. The van der Waals surface area contributed by atoms with Gasteiger partial charge in [0.05, 0.1) is 29.1 Å². The highest BCUT2D eigenvalue weighted by molar-refractivity contribution is 7.98. The van der Waals surface area contributed by atoms with Crippen LogP contribution in [0.1, 0.15) is 16.7 Å². The smallest absolute Gasteiger partial charge is 0.416 e. The van der Waals surface area contributed by atoms with E-state index in [0.29, 0.717) is 22.8 Å². The van der Waals surface area contributed by atoms with E-state index >= 15 is 0 Å². The molecule has 0 unspecified atom stereocenters. The standard InChI is InChI=1S/C27H20ClF3N6O3S/c1-40-19-4-2-3-16(11-19)23-20(13-32)24(38)37(33)26(36-23)41-14-15-5-8-18(9-6-15)34-25(39)35-22-12-17(27(29,30)31)7-10-21(22)28/h2-12H,14,33H2,1H3,(H2,34,35,39). The Morgan fingerprint density at radius 1 is 1.15 bits per heavy atom. The van der Waals surface area contributed by atoms with E-state index < -0.39 is 23.3 Å². The zero-order valence-electron chi connectivity index (χ0n) is 21.1. The maximum atomic E-state index is 13.0. The number of urea groups is 1. The van der Waals surface area contributed by atoms with Crippen LogP contribution >= 0.6 is 23.4 Å². The second kappa shape index (κ2) is 12.2. The van der Waals surface area contributed by atoms with Crippen molar-refractivity contribution in [3.05, 3.63) is 98.8 Å². The van der Waals surface area contributed by atoms with Crippen molar-refractivity contribution < 1.29 is 22.7 Å². The SMILES string of the molecule is COc1cccc(-c2nc(SCc3ccc(NC(=O)Nc4cc(C(F)(F)F)ccc4Cl)cc3)n(N)c(=O)c2C#N)c1. The number of nitrogens with zero attached hydrogens (tertiary/aromatic N) is 3. The van der Waals surface area contributed by atoms with Crippen LogP contribution < -0.4 is 26.8 Å². The van der Waals surface area contributed by atoms with Gasteiger partial charge in [-0.25, -0.2) is 14.5 Å².